The Kier molecular flexibility index (Phi) is 3.52. The van der Waals surface area contributed by atoms with Crippen LogP contribution in [0.2, 0.25) is 0 Å². The molecular weight excluding hydrogens is 191 g/mol. The van der Waals surface area contributed by atoms with Gasteiger partial charge in [-0.15, -0.1) is 0 Å². The fraction of sp³-hybridized carbons (Fsp3) is 0.400. The summed E-state index contributed by atoms with van der Waals surface area (Å²) in [6.45, 7) is 1.84. The van der Waals surface area contributed by atoms with Crippen LogP contribution in [0.15, 0.2) is 18.2 Å². The Bertz CT molecular complexity index is 312. The highest BCUT2D eigenvalue weighted by Crippen LogP contribution is 2.25. The van der Waals surface area contributed by atoms with Gasteiger partial charge in [-0.05, 0) is 24.1 Å². The maximum atomic E-state index is 12.9. The van der Waals surface area contributed by atoms with E-state index in [0.717, 1.165) is 12.1 Å². The zero-order chi connectivity index (χ0) is 10.7. The second-order valence-electron chi connectivity index (χ2n) is 3.10. The van der Waals surface area contributed by atoms with Crippen LogP contribution in [0.25, 0.3) is 0 Å². The van der Waals surface area contributed by atoms with Gasteiger partial charge < -0.3 is 5.73 Å². The first-order valence-corrected chi connectivity index (χ1v) is 4.39. The van der Waals surface area contributed by atoms with E-state index in [1.165, 1.54) is 6.07 Å². The van der Waals surface area contributed by atoms with Gasteiger partial charge in [-0.3, -0.25) is 0 Å². The Balaban J connectivity index is 3.06. The minimum atomic E-state index is -2.79. The average molecular weight is 203 g/mol. The summed E-state index contributed by atoms with van der Waals surface area (Å²) < 4.78 is 37.5. The molecule has 1 atom stereocenters. The molecule has 0 saturated carbocycles. The van der Waals surface area contributed by atoms with Crippen molar-refractivity contribution in [3.8, 4) is 0 Å². The number of rotatable bonds is 3. The first-order valence-electron chi connectivity index (χ1n) is 4.39. The number of alkyl halides is 2. The summed E-state index contributed by atoms with van der Waals surface area (Å²) in [4.78, 5) is 0. The van der Waals surface area contributed by atoms with Gasteiger partial charge in [0.15, 0.2) is 0 Å². The molecule has 0 saturated heterocycles. The quantitative estimate of drug-likeness (QED) is 0.802. The van der Waals surface area contributed by atoms with E-state index < -0.39 is 17.8 Å². The lowest BCUT2D eigenvalue weighted by Gasteiger charge is -2.11. The Hall–Kier alpha value is -1.03. The molecule has 0 aliphatic heterocycles. The zero-order valence-corrected chi connectivity index (χ0v) is 7.81. The van der Waals surface area contributed by atoms with Gasteiger partial charge in [0.05, 0.1) is 5.56 Å². The molecule has 0 unspecified atom stereocenters. The average Bonchev–Trinajstić information content (AvgIpc) is 2.17. The van der Waals surface area contributed by atoms with Crippen LogP contribution in [0.1, 0.15) is 36.9 Å². The van der Waals surface area contributed by atoms with Crippen molar-refractivity contribution >= 4 is 0 Å². The van der Waals surface area contributed by atoms with Crippen LogP contribution in [0, 0.1) is 5.82 Å². The minimum Gasteiger partial charge on any atom is -0.324 e. The molecule has 2 N–H and O–H groups in total. The van der Waals surface area contributed by atoms with Crippen molar-refractivity contribution in [1.29, 1.82) is 0 Å². The molecule has 1 rings (SSSR count). The predicted octanol–water partition coefficient (Wildman–Crippen LogP) is 3.17. The number of hydrogen-bond acceptors (Lipinski definition) is 1. The summed E-state index contributed by atoms with van der Waals surface area (Å²) in [5, 5.41) is 0. The van der Waals surface area contributed by atoms with Gasteiger partial charge in [-0.1, -0.05) is 13.0 Å². The lowest BCUT2D eigenvalue weighted by Crippen LogP contribution is -2.09. The Labute approximate surface area is 80.7 Å². The summed E-state index contributed by atoms with van der Waals surface area (Å²) in [6.07, 6.45) is -2.16. The number of halogens is 3. The van der Waals surface area contributed by atoms with Crippen LogP contribution < -0.4 is 5.73 Å². The van der Waals surface area contributed by atoms with E-state index in [9.17, 15) is 13.2 Å². The number of hydrogen-bond donors (Lipinski definition) is 1. The third-order valence-electron chi connectivity index (χ3n) is 2.12. The molecule has 0 bridgehead atoms. The van der Waals surface area contributed by atoms with Crippen LogP contribution in [-0.2, 0) is 0 Å². The lowest BCUT2D eigenvalue weighted by atomic mass is 10.0. The van der Waals surface area contributed by atoms with E-state index in [-0.39, 0.29) is 6.04 Å². The summed E-state index contributed by atoms with van der Waals surface area (Å²) in [7, 11) is 0. The SMILES string of the molecule is CC[C@@H](N)c1ccc(F)c(C(F)F)c1. The Morgan fingerprint density at radius 2 is 2.00 bits per heavy atom. The van der Waals surface area contributed by atoms with Crippen LogP contribution in [-0.4, -0.2) is 0 Å². The molecular formula is C10H12F3N. The van der Waals surface area contributed by atoms with Gasteiger partial charge in [0.1, 0.15) is 5.82 Å². The topological polar surface area (TPSA) is 26.0 Å². The molecule has 0 aliphatic rings. The standard InChI is InChI=1S/C10H12F3N/c1-2-9(14)6-3-4-8(11)7(5-6)10(12)13/h3-5,9-10H,2,14H2,1H3/t9-/m1/s1. The van der Waals surface area contributed by atoms with Gasteiger partial charge in [-0.2, -0.15) is 0 Å². The molecule has 0 spiro atoms. The molecule has 4 heteroatoms. The fourth-order valence-electron chi connectivity index (χ4n) is 1.20. The van der Waals surface area contributed by atoms with E-state index in [2.05, 4.69) is 0 Å². The van der Waals surface area contributed by atoms with E-state index in [4.69, 9.17) is 5.73 Å². The van der Waals surface area contributed by atoms with Crippen LogP contribution in [0.4, 0.5) is 13.2 Å². The second-order valence-corrected chi connectivity index (χ2v) is 3.10. The van der Waals surface area contributed by atoms with Gasteiger partial charge >= 0.3 is 0 Å². The first kappa shape index (κ1) is 11.0. The van der Waals surface area contributed by atoms with Crippen molar-refractivity contribution in [1.82, 2.24) is 0 Å². The fourth-order valence-corrected chi connectivity index (χ4v) is 1.20. The maximum absolute atomic E-state index is 12.9. The van der Waals surface area contributed by atoms with Crippen molar-refractivity contribution in [3.05, 3.63) is 35.1 Å². The van der Waals surface area contributed by atoms with Gasteiger partial charge in [-0.25, -0.2) is 13.2 Å². The maximum Gasteiger partial charge on any atom is 0.266 e. The molecule has 0 radical (unpaired) electrons. The van der Waals surface area contributed by atoms with Crippen LogP contribution in [0.5, 0.6) is 0 Å². The Morgan fingerprint density at radius 3 is 2.50 bits per heavy atom. The summed E-state index contributed by atoms with van der Waals surface area (Å²) in [5.41, 5.74) is 5.61. The van der Waals surface area contributed by atoms with Gasteiger partial charge in [0.25, 0.3) is 6.43 Å². The predicted molar refractivity (Wildman–Crippen MR) is 48.6 cm³/mol. The molecule has 0 aromatic heterocycles. The monoisotopic (exact) mass is 203 g/mol. The third-order valence-corrected chi connectivity index (χ3v) is 2.12. The highest BCUT2D eigenvalue weighted by Gasteiger charge is 2.15. The van der Waals surface area contributed by atoms with Gasteiger partial charge in [0.2, 0.25) is 0 Å². The molecule has 0 amide bonds. The van der Waals surface area contributed by atoms with Crippen LogP contribution in [0.3, 0.4) is 0 Å². The summed E-state index contributed by atoms with van der Waals surface area (Å²) in [5.74, 6) is -0.882. The molecule has 1 aromatic rings. The molecule has 78 valence electrons. The molecule has 0 fully saturated rings. The summed E-state index contributed by atoms with van der Waals surface area (Å²) >= 11 is 0. The van der Waals surface area contributed by atoms with Crippen LogP contribution >= 0.6 is 0 Å². The van der Waals surface area contributed by atoms with Crippen molar-refractivity contribution in [3.63, 3.8) is 0 Å². The molecule has 14 heavy (non-hydrogen) atoms. The summed E-state index contributed by atoms with van der Waals surface area (Å²) in [6, 6.07) is 3.30. The zero-order valence-electron chi connectivity index (χ0n) is 7.81. The molecule has 1 aromatic carbocycles. The molecule has 1 nitrogen and oxygen atoms in total. The van der Waals surface area contributed by atoms with Gasteiger partial charge in [0, 0.05) is 6.04 Å². The van der Waals surface area contributed by atoms with Crippen molar-refractivity contribution < 1.29 is 13.2 Å². The highest BCUT2D eigenvalue weighted by atomic mass is 19.3. The number of nitrogens with two attached hydrogens (primary N) is 1. The van der Waals surface area contributed by atoms with E-state index in [0.29, 0.717) is 12.0 Å². The highest BCUT2D eigenvalue weighted by molar-refractivity contribution is 5.28. The Morgan fingerprint density at radius 1 is 1.36 bits per heavy atom. The minimum absolute atomic E-state index is 0.312. The third kappa shape index (κ3) is 2.26. The van der Waals surface area contributed by atoms with E-state index >= 15 is 0 Å². The lowest BCUT2D eigenvalue weighted by molar-refractivity contribution is 0.146. The normalized spacial score (nSPS) is 13.3. The number of benzene rings is 1. The molecule has 0 heterocycles. The van der Waals surface area contributed by atoms with Crippen molar-refractivity contribution in [2.45, 2.75) is 25.8 Å². The van der Waals surface area contributed by atoms with E-state index in [1.807, 2.05) is 6.92 Å². The van der Waals surface area contributed by atoms with E-state index in [1.54, 1.807) is 0 Å². The largest absolute Gasteiger partial charge is 0.324 e. The molecule has 0 aliphatic carbocycles. The van der Waals surface area contributed by atoms with Crippen molar-refractivity contribution in [2.24, 2.45) is 5.73 Å². The van der Waals surface area contributed by atoms with Crippen molar-refractivity contribution in [2.75, 3.05) is 0 Å². The smallest absolute Gasteiger partial charge is 0.266 e. The first-order chi connectivity index (χ1) is 6.56. The second kappa shape index (κ2) is 4.46.